The van der Waals surface area contributed by atoms with E-state index in [1.807, 2.05) is 0 Å². The van der Waals surface area contributed by atoms with E-state index >= 15 is 0 Å². The number of furan rings is 1. The molecule has 0 atom stereocenters. The standard InChI is InChI=1S/C18H10Cl4N2O2S/c19-11-5-4-9(8-13(11)21)23-18(27)24-17(25)15-7-6-14(26-15)10-2-1-3-12(20)16(10)22/h1-8H,(H2,23,24,25,27). The first kappa shape index (κ1) is 20.0. The number of amides is 1. The van der Waals surface area contributed by atoms with Crippen molar-refractivity contribution in [1.82, 2.24) is 5.32 Å². The molecule has 1 amide bonds. The Morgan fingerprint density at radius 3 is 2.44 bits per heavy atom. The van der Waals surface area contributed by atoms with E-state index in [2.05, 4.69) is 10.6 Å². The van der Waals surface area contributed by atoms with Crippen molar-refractivity contribution in [2.45, 2.75) is 0 Å². The Labute approximate surface area is 180 Å². The van der Waals surface area contributed by atoms with E-state index in [0.29, 0.717) is 37.1 Å². The molecule has 0 radical (unpaired) electrons. The smallest absolute Gasteiger partial charge is 0.293 e. The van der Waals surface area contributed by atoms with Crippen molar-refractivity contribution >= 4 is 75.3 Å². The summed E-state index contributed by atoms with van der Waals surface area (Å²) in [5, 5.41) is 6.96. The summed E-state index contributed by atoms with van der Waals surface area (Å²) in [5.41, 5.74) is 1.17. The minimum atomic E-state index is -0.517. The van der Waals surface area contributed by atoms with Gasteiger partial charge in [0, 0.05) is 11.3 Å². The lowest BCUT2D eigenvalue weighted by atomic mass is 10.2. The molecule has 1 aromatic heterocycles. The van der Waals surface area contributed by atoms with E-state index in [-0.39, 0.29) is 10.9 Å². The maximum Gasteiger partial charge on any atom is 0.293 e. The summed E-state index contributed by atoms with van der Waals surface area (Å²) in [6, 6.07) is 13.2. The van der Waals surface area contributed by atoms with Gasteiger partial charge in [-0.05, 0) is 54.7 Å². The molecule has 0 saturated heterocycles. The lowest BCUT2D eigenvalue weighted by Gasteiger charge is -2.09. The van der Waals surface area contributed by atoms with E-state index in [0.717, 1.165) is 0 Å². The fourth-order valence-corrected chi connectivity index (χ4v) is 3.10. The van der Waals surface area contributed by atoms with Crippen LogP contribution in [0, 0.1) is 0 Å². The van der Waals surface area contributed by atoms with Crippen LogP contribution in [0.25, 0.3) is 11.3 Å². The fraction of sp³-hybridized carbons (Fsp3) is 0. The maximum atomic E-state index is 12.3. The van der Waals surface area contributed by atoms with Crippen molar-refractivity contribution in [3.63, 3.8) is 0 Å². The van der Waals surface area contributed by atoms with Gasteiger partial charge in [-0.25, -0.2) is 0 Å². The van der Waals surface area contributed by atoms with Gasteiger partial charge in [-0.1, -0.05) is 52.5 Å². The van der Waals surface area contributed by atoms with Crippen molar-refractivity contribution in [3.05, 3.63) is 74.4 Å². The van der Waals surface area contributed by atoms with Crippen LogP contribution in [0.4, 0.5) is 5.69 Å². The van der Waals surface area contributed by atoms with Crippen LogP contribution in [-0.4, -0.2) is 11.0 Å². The number of rotatable bonds is 3. The molecular weight excluding hydrogens is 450 g/mol. The summed E-state index contributed by atoms with van der Waals surface area (Å²) >= 11 is 29.1. The average molecular weight is 460 g/mol. The Kier molecular flexibility index (Phi) is 6.29. The van der Waals surface area contributed by atoms with Crippen LogP contribution in [-0.2, 0) is 0 Å². The molecule has 2 aromatic carbocycles. The third-order valence-electron chi connectivity index (χ3n) is 3.45. The minimum absolute atomic E-state index is 0.0688. The van der Waals surface area contributed by atoms with Crippen LogP contribution in [0.5, 0.6) is 0 Å². The topological polar surface area (TPSA) is 54.3 Å². The molecule has 3 aromatic rings. The fourth-order valence-electron chi connectivity index (χ4n) is 2.20. The number of thiocarbonyl (C=S) groups is 1. The van der Waals surface area contributed by atoms with Gasteiger partial charge in [0.05, 0.1) is 20.1 Å². The number of nitrogens with one attached hydrogen (secondary N) is 2. The number of anilines is 1. The summed E-state index contributed by atoms with van der Waals surface area (Å²) < 4.78 is 5.57. The van der Waals surface area contributed by atoms with Crippen molar-refractivity contribution in [3.8, 4) is 11.3 Å². The second kappa shape index (κ2) is 8.50. The highest BCUT2D eigenvalue weighted by molar-refractivity contribution is 7.80. The van der Waals surface area contributed by atoms with Crippen molar-refractivity contribution in [2.75, 3.05) is 5.32 Å². The van der Waals surface area contributed by atoms with Gasteiger partial charge in [0.15, 0.2) is 10.9 Å². The lowest BCUT2D eigenvalue weighted by molar-refractivity contribution is 0.0951. The zero-order valence-electron chi connectivity index (χ0n) is 13.4. The summed E-state index contributed by atoms with van der Waals surface area (Å²) in [6.07, 6.45) is 0. The third kappa shape index (κ3) is 4.75. The van der Waals surface area contributed by atoms with Gasteiger partial charge in [-0.2, -0.15) is 0 Å². The van der Waals surface area contributed by atoms with Gasteiger partial charge in [0.25, 0.3) is 5.91 Å². The van der Waals surface area contributed by atoms with Crippen LogP contribution in [0.15, 0.2) is 52.9 Å². The molecule has 0 spiro atoms. The van der Waals surface area contributed by atoms with Gasteiger partial charge >= 0.3 is 0 Å². The first-order valence-electron chi connectivity index (χ1n) is 7.47. The SMILES string of the molecule is O=C(NC(=S)Nc1ccc(Cl)c(Cl)c1)c1ccc(-c2cccc(Cl)c2Cl)o1. The Hall–Kier alpha value is -1.76. The van der Waals surface area contributed by atoms with Crippen LogP contribution >= 0.6 is 58.6 Å². The van der Waals surface area contributed by atoms with Gasteiger partial charge < -0.3 is 9.73 Å². The van der Waals surface area contributed by atoms with E-state index in [9.17, 15) is 4.79 Å². The number of carbonyl (C=O) groups excluding carboxylic acids is 1. The summed E-state index contributed by atoms with van der Waals surface area (Å²) in [5.74, 6) is -0.0349. The Bertz CT molecular complexity index is 1040. The number of benzene rings is 2. The molecule has 0 aliphatic rings. The highest BCUT2D eigenvalue weighted by Gasteiger charge is 2.16. The molecule has 9 heteroatoms. The third-order valence-corrected chi connectivity index (χ3v) is 5.21. The van der Waals surface area contributed by atoms with Crippen LogP contribution < -0.4 is 10.6 Å². The molecule has 27 heavy (non-hydrogen) atoms. The monoisotopic (exact) mass is 458 g/mol. The molecular formula is C18H10Cl4N2O2S. The molecule has 1 heterocycles. The normalized spacial score (nSPS) is 10.5. The zero-order valence-corrected chi connectivity index (χ0v) is 17.2. The molecule has 138 valence electrons. The Morgan fingerprint density at radius 1 is 0.926 bits per heavy atom. The molecule has 4 nitrogen and oxygen atoms in total. The van der Waals surface area contributed by atoms with Gasteiger partial charge in [0.1, 0.15) is 5.76 Å². The Balaban J connectivity index is 1.69. The molecule has 0 unspecified atom stereocenters. The average Bonchev–Trinajstić information content (AvgIpc) is 3.10. The predicted molar refractivity (Wildman–Crippen MR) is 114 cm³/mol. The molecule has 0 saturated carbocycles. The van der Waals surface area contributed by atoms with Crippen molar-refractivity contribution < 1.29 is 9.21 Å². The minimum Gasteiger partial charge on any atom is -0.451 e. The molecule has 0 aliphatic heterocycles. The molecule has 0 fully saturated rings. The lowest BCUT2D eigenvalue weighted by Crippen LogP contribution is -2.33. The second-order valence-corrected chi connectivity index (χ2v) is 7.31. The number of carbonyl (C=O) groups is 1. The highest BCUT2D eigenvalue weighted by atomic mass is 35.5. The zero-order chi connectivity index (χ0) is 19.6. The quantitative estimate of drug-likeness (QED) is 0.428. The Morgan fingerprint density at radius 2 is 1.70 bits per heavy atom. The number of hydrogen-bond acceptors (Lipinski definition) is 3. The van der Waals surface area contributed by atoms with E-state index in [1.165, 1.54) is 6.07 Å². The maximum absolute atomic E-state index is 12.3. The first-order chi connectivity index (χ1) is 12.8. The summed E-state index contributed by atoms with van der Waals surface area (Å²) in [7, 11) is 0. The largest absolute Gasteiger partial charge is 0.451 e. The molecule has 2 N–H and O–H groups in total. The molecule has 0 bridgehead atoms. The molecule has 3 rings (SSSR count). The summed E-state index contributed by atoms with van der Waals surface area (Å²) in [6.45, 7) is 0. The molecule has 0 aliphatic carbocycles. The van der Waals surface area contributed by atoms with Crippen LogP contribution in [0.3, 0.4) is 0 Å². The highest BCUT2D eigenvalue weighted by Crippen LogP contribution is 2.34. The predicted octanol–water partition coefficient (Wildman–Crippen LogP) is 6.69. The van der Waals surface area contributed by atoms with E-state index in [1.54, 1.807) is 42.5 Å². The van der Waals surface area contributed by atoms with E-state index in [4.69, 9.17) is 63.0 Å². The van der Waals surface area contributed by atoms with Gasteiger partial charge in [-0.3, -0.25) is 10.1 Å². The first-order valence-corrected chi connectivity index (χ1v) is 9.39. The van der Waals surface area contributed by atoms with Crippen LogP contribution in [0.1, 0.15) is 10.6 Å². The number of hydrogen-bond donors (Lipinski definition) is 2. The van der Waals surface area contributed by atoms with Crippen LogP contribution in [0.2, 0.25) is 20.1 Å². The van der Waals surface area contributed by atoms with E-state index < -0.39 is 5.91 Å². The summed E-state index contributed by atoms with van der Waals surface area (Å²) in [4.78, 5) is 12.3. The second-order valence-electron chi connectivity index (χ2n) is 5.30. The van der Waals surface area contributed by atoms with Gasteiger partial charge in [0.2, 0.25) is 0 Å². The number of halogens is 4. The van der Waals surface area contributed by atoms with Crippen molar-refractivity contribution in [1.29, 1.82) is 0 Å². The van der Waals surface area contributed by atoms with Gasteiger partial charge in [-0.15, -0.1) is 0 Å². The van der Waals surface area contributed by atoms with Crippen molar-refractivity contribution in [2.24, 2.45) is 0 Å².